The Balaban J connectivity index is 2.19. The molecule has 3 heterocycles. The maximum absolute atomic E-state index is 12.5. The summed E-state index contributed by atoms with van der Waals surface area (Å²) in [5.41, 5.74) is 11.7. The molecule has 3 N–H and O–H groups in total. The van der Waals surface area contributed by atoms with Crippen LogP contribution in [0.5, 0.6) is 0 Å². The quantitative estimate of drug-likeness (QED) is 0.598. The first kappa shape index (κ1) is 16.0. The topological polar surface area (TPSA) is 92.3 Å². The van der Waals surface area contributed by atoms with Crippen molar-refractivity contribution in [3.8, 4) is 22.4 Å². The Morgan fingerprint density at radius 2 is 1.69 bits per heavy atom. The van der Waals surface area contributed by atoms with Gasteiger partial charge in [-0.05, 0) is 31.5 Å². The molecule has 3 aromatic heterocycles. The van der Waals surface area contributed by atoms with Crippen LogP contribution in [0.25, 0.3) is 28.0 Å². The first-order chi connectivity index (χ1) is 12.5. The molecule has 7 nitrogen and oxygen atoms in total. The summed E-state index contributed by atoms with van der Waals surface area (Å²) in [6.07, 6.45) is 0. The van der Waals surface area contributed by atoms with Crippen molar-refractivity contribution in [2.75, 3.05) is 5.73 Å². The molecule has 0 atom stereocenters. The maximum Gasteiger partial charge on any atom is 0.411 e. The second kappa shape index (κ2) is 5.80. The number of anilines is 1. The summed E-state index contributed by atoms with van der Waals surface area (Å²) in [6, 6.07) is 13.8. The number of nitrogens with zero attached hydrogens (tertiary/aromatic N) is 4. The van der Waals surface area contributed by atoms with E-state index in [9.17, 15) is 4.79 Å². The molecule has 1 aromatic carbocycles. The van der Waals surface area contributed by atoms with E-state index in [4.69, 9.17) is 5.73 Å². The summed E-state index contributed by atoms with van der Waals surface area (Å²) in [5, 5.41) is 4.44. The number of H-pyrrole nitrogens is 1. The van der Waals surface area contributed by atoms with E-state index in [1.165, 1.54) is 9.08 Å². The van der Waals surface area contributed by atoms with Crippen LogP contribution < -0.4 is 16.4 Å². The highest BCUT2D eigenvalue weighted by molar-refractivity contribution is 5.88. The number of aromatic nitrogens is 5. The van der Waals surface area contributed by atoms with Gasteiger partial charge in [0.2, 0.25) is 5.65 Å². The van der Waals surface area contributed by atoms with Crippen LogP contribution in [-0.4, -0.2) is 19.2 Å². The standard InChI is InChI=1S/C19H18N6O/c1-11-9-14(10-12(2)21-11)15-16(13-7-5-4-6-8-13)22-18(20)25-17(15)23-24(3)19(25)26/h4-10H,1-3H3,(H2,20,22)/p+1. The molecule has 0 aliphatic rings. The molecule has 0 amide bonds. The summed E-state index contributed by atoms with van der Waals surface area (Å²) in [7, 11) is 1.61. The molecule has 0 fully saturated rings. The van der Waals surface area contributed by atoms with Crippen molar-refractivity contribution in [2.24, 2.45) is 7.05 Å². The van der Waals surface area contributed by atoms with E-state index in [1.807, 2.05) is 56.3 Å². The average Bonchev–Trinajstić information content (AvgIpc) is 2.90. The summed E-state index contributed by atoms with van der Waals surface area (Å²) in [6.45, 7) is 3.89. The van der Waals surface area contributed by atoms with Gasteiger partial charge in [-0.25, -0.2) is 14.5 Å². The van der Waals surface area contributed by atoms with Crippen molar-refractivity contribution < 1.29 is 4.98 Å². The first-order valence-electron chi connectivity index (χ1n) is 8.27. The van der Waals surface area contributed by atoms with Crippen LogP contribution in [0.2, 0.25) is 0 Å². The number of nitrogens with two attached hydrogens (primary N) is 1. The van der Waals surface area contributed by atoms with E-state index in [-0.39, 0.29) is 11.6 Å². The van der Waals surface area contributed by atoms with Crippen molar-refractivity contribution >= 4 is 11.6 Å². The monoisotopic (exact) mass is 347 g/mol. The molecule has 0 saturated carbocycles. The zero-order chi connectivity index (χ0) is 18.4. The molecule has 4 rings (SSSR count). The molecule has 0 unspecified atom stereocenters. The zero-order valence-corrected chi connectivity index (χ0v) is 14.8. The Hall–Kier alpha value is -3.48. The molecule has 0 radical (unpaired) electrons. The van der Waals surface area contributed by atoms with Crippen molar-refractivity contribution in [3.05, 3.63) is 64.3 Å². The van der Waals surface area contributed by atoms with Gasteiger partial charge in [0.05, 0.1) is 5.56 Å². The molecular formula is C19H19N6O+. The lowest BCUT2D eigenvalue weighted by atomic mass is 9.99. The third-order valence-electron chi connectivity index (χ3n) is 4.32. The Morgan fingerprint density at radius 1 is 1.04 bits per heavy atom. The molecule has 0 bridgehead atoms. The predicted molar refractivity (Wildman–Crippen MR) is 99.5 cm³/mol. The zero-order valence-electron chi connectivity index (χ0n) is 14.8. The minimum Gasteiger partial charge on any atom is -0.290 e. The van der Waals surface area contributed by atoms with Gasteiger partial charge in [-0.2, -0.15) is 0 Å². The minimum absolute atomic E-state index is 0.239. The Morgan fingerprint density at radius 3 is 2.35 bits per heavy atom. The van der Waals surface area contributed by atoms with E-state index < -0.39 is 0 Å². The normalized spacial score (nSPS) is 11.2. The lowest BCUT2D eigenvalue weighted by molar-refractivity contribution is -0.351. The highest BCUT2D eigenvalue weighted by atomic mass is 16.2. The largest absolute Gasteiger partial charge is 0.411 e. The minimum atomic E-state index is -0.294. The molecule has 130 valence electrons. The first-order valence-corrected chi connectivity index (χ1v) is 8.27. The SMILES string of the molecule is Cc1cc(-c2c(-c3ccccc3)[nH+]c(N)n3c(=O)n(C)nc23)cc(C)n1. The Bertz CT molecular complexity index is 1170. The van der Waals surface area contributed by atoms with Crippen molar-refractivity contribution in [1.82, 2.24) is 19.2 Å². The van der Waals surface area contributed by atoms with Gasteiger partial charge >= 0.3 is 11.6 Å². The maximum atomic E-state index is 12.5. The van der Waals surface area contributed by atoms with Crippen LogP contribution >= 0.6 is 0 Å². The second-order valence-electron chi connectivity index (χ2n) is 6.33. The van der Waals surface area contributed by atoms with Gasteiger partial charge in [0.25, 0.3) is 0 Å². The van der Waals surface area contributed by atoms with Gasteiger partial charge in [0.15, 0.2) is 0 Å². The number of rotatable bonds is 2. The van der Waals surface area contributed by atoms with E-state index in [2.05, 4.69) is 15.1 Å². The van der Waals surface area contributed by atoms with E-state index >= 15 is 0 Å². The van der Waals surface area contributed by atoms with Crippen LogP contribution in [0.4, 0.5) is 5.95 Å². The molecule has 0 aliphatic carbocycles. The van der Waals surface area contributed by atoms with Crippen molar-refractivity contribution in [1.29, 1.82) is 0 Å². The molecule has 0 saturated heterocycles. The van der Waals surface area contributed by atoms with E-state index in [0.29, 0.717) is 5.65 Å². The number of fused-ring (bicyclic) bond motifs is 1. The van der Waals surface area contributed by atoms with Crippen LogP contribution in [0.15, 0.2) is 47.3 Å². The highest BCUT2D eigenvalue weighted by Crippen LogP contribution is 2.32. The van der Waals surface area contributed by atoms with Gasteiger partial charge in [-0.15, -0.1) is 9.50 Å². The van der Waals surface area contributed by atoms with Crippen molar-refractivity contribution in [2.45, 2.75) is 13.8 Å². The second-order valence-corrected chi connectivity index (χ2v) is 6.33. The number of benzene rings is 1. The van der Waals surface area contributed by atoms with Crippen LogP contribution in [0.3, 0.4) is 0 Å². The third-order valence-corrected chi connectivity index (χ3v) is 4.32. The number of aromatic amines is 1. The van der Waals surface area contributed by atoms with E-state index in [0.717, 1.165) is 33.8 Å². The molecule has 7 heteroatoms. The Kier molecular flexibility index (Phi) is 3.57. The van der Waals surface area contributed by atoms with Crippen LogP contribution in [0, 0.1) is 13.8 Å². The predicted octanol–water partition coefficient (Wildman–Crippen LogP) is 1.78. The van der Waals surface area contributed by atoms with Gasteiger partial charge in [0, 0.05) is 24.0 Å². The number of hydrogen-bond acceptors (Lipinski definition) is 4. The van der Waals surface area contributed by atoms with Gasteiger partial charge in [-0.3, -0.25) is 10.7 Å². The van der Waals surface area contributed by atoms with Gasteiger partial charge in [0.1, 0.15) is 5.69 Å². The van der Waals surface area contributed by atoms with Crippen LogP contribution in [0.1, 0.15) is 11.4 Å². The van der Waals surface area contributed by atoms with Crippen molar-refractivity contribution in [3.63, 3.8) is 0 Å². The molecule has 26 heavy (non-hydrogen) atoms. The Labute approximate surface area is 149 Å². The average molecular weight is 347 g/mol. The number of nitrogen functional groups attached to an aromatic ring is 1. The lowest BCUT2D eigenvalue weighted by Crippen LogP contribution is -2.26. The highest BCUT2D eigenvalue weighted by Gasteiger charge is 2.24. The summed E-state index contributed by atoms with van der Waals surface area (Å²) >= 11 is 0. The lowest BCUT2D eigenvalue weighted by Gasteiger charge is -2.10. The number of hydrogen-bond donors (Lipinski definition) is 1. The van der Waals surface area contributed by atoms with E-state index in [1.54, 1.807) is 7.05 Å². The summed E-state index contributed by atoms with van der Waals surface area (Å²) < 4.78 is 2.69. The number of aryl methyl sites for hydroxylation is 3. The number of nitrogens with one attached hydrogen (secondary N) is 1. The fraction of sp³-hybridized carbons (Fsp3) is 0.158. The molecule has 0 aliphatic heterocycles. The van der Waals surface area contributed by atoms with Gasteiger partial charge in [-0.1, -0.05) is 30.3 Å². The molecule has 0 spiro atoms. The summed E-state index contributed by atoms with van der Waals surface area (Å²) in [5.74, 6) is 0.239. The van der Waals surface area contributed by atoms with Crippen LogP contribution in [-0.2, 0) is 7.05 Å². The smallest absolute Gasteiger partial charge is 0.290 e. The third kappa shape index (κ3) is 2.45. The number of pyridine rings is 1. The fourth-order valence-electron chi connectivity index (χ4n) is 3.28. The van der Waals surface area contributed by atoms with Gasteiger partial charge < -0.3 is 0 Å². The fourth-order valence-corrected chi connectivity index (χ4v) is 3.28. The summed E-state index contributed by atoms with van der Waals surface area (Å²) in [4.78, 5) is 20.1. The molecular weight excluding hydrogens is 328 g/mol. The molecule has 4 aromatic rings.